The highest BCUT2D eigenvalue weighted by Crippen LogP contribution is 2.36. The largest absolute Gasteiger partial charge is 0.497 e. The number of carbonyl (C=O) groups is 3. The number of hydrogen-bond acceptors (Lipinski definition) is 27. The second-order valence-corrected chi connectivity index (χ2v) is 26.4. The third kappa shape index (κ3) is 25.0. The lowest BCUT2D eigenvalue weighted by Gasteiger charge is -2.29. The lowest BCUT2D eigenvalue weighted by Crippen LogP contribution is -2.42. The van der Waals surface area contributed by atoms with Gasteiger partial charge in [-0.1, -0.05) is 0 Å². The van der Waals surface area contributed by atoms with Crippen LogP contribution in [0.25, 0.3) is 0 Å². The summed E-state index contributed by atoms with van der Waals surface area (Å²) in [6, 6.07) is 43.5. The highest BCUT2D eigenvalue weighted by Gasteiger charge is 2.34. The lowest BCUT2D eigenvalue weighted by molar-refractivity contribution is -0.111. The zero-order chi connectivity index (χ0) is 77.0. The van der Waals surface area contributed by atoms with Gasteiger partial charge >= 0.3 is 30.2 Å². The molecule has 3 aliphatic heterocycles. The fourth-order valence-corrected chi connectivity index (χ4v) is 10.7. The average Bonchev–Trinajstić information content (AvgIpc) is 1.04. The molecule has 6 aromatic carbocycles. The fraction of sp³-hybridized carbons (Fsp3) is 0.354. The highest BCUT2D eigenvalue weighted by molar-refractivity contribution is 5.74. The van der Waals surface area contributed by atoms with E-state index in [1.54, 1.807) is 169 Å². The van der Waals surface area contributed by atoms with E-state index in [0.717, 1.165) is 74.5 Å². The van der Waals surface area contributed by atoms with Crippen LogP contribution in [0.3, 0.4) is 0 Å². The minimum atomic E-state index is -0.551. The van der Waals surface area contributed by atoms with Crippen LogP contribution < -0.4 is 78.5 Å². The molecule has 0 unspecified atom stereocenters. The number of nitrogens with two attached hydrogens (primary N) is 1. The first-order valence-electron chi connectivity index (χ1n) is 35.0. The van der Waals surface area contributed by atoms with Crippen molar-refractivity contribution in [2.24, 2.45) is 0 Å². The summed E-state index contributed by atoms with van der Waals surface area (Å²) >= 11 is 0. The fourth-order valence-electron chi connectivity index (χ4n) is 10.7. The molecule has 9 aromatic rings. The zero-order valence-corrected chi connectivity index (χ0v) is 62.8. The Labute approximate surface area is 628 Å². The summed E-state index contributed by atoms with van der Waals surface area (Å²) in [6.45, 7) is 14.6. The molecule has 0 aliphatic carbocycles. The van der Waals surface area contributed by atoms with Crippen molar-refractivity contribution in [3.63, 3.8) is 0 Å². The van der Waals surface area contributed by atoms with E-state index in [0.29, 0.717) is 94.6 Å². The Balaban J connectivity index is 0.000000174. The van der Waals surface area contributed by atoms with Crippen LogP contribution >= 0.6 is 0 Å². The van der Waals surface area contributed by atoms with E-state index in [9.17, 15) is 14.4 Å². The van der Waals surface area contributed by atoms with Crippen LogP contribution in [0.2, 0.25) is 0 Å². The molecule has 3 aromatic heterocycles. The number of nitrogens with zero attached hydrogens (tertiary/aromatic N) is 8. The summed E-state index contributed by atoms with van der Waals surface area (Å²) in [5.74, 6) is 8.79. The van der Waals surface area contributed by atoms with Crippen molar-refractivity contribution in [1.82, 2.24) is 45.0 Å². The third-order valence-corrected chi connectivity index (χ3v) is 16.2. The van der Waals surface area contributed by atoms with Crippen LogP contribution in [-0.4, -0.2) is 163 Å². The minimum absolute atomic E-state index is 0.0334. The maximum Gasteiger partial charge on any atom is 0.410 e. The van der Waals surface area contributed by atoms with Gasteiger partial charge in [-0.05, 0) is 232 Å². The number of benzene rings is 6. The number of likely N-dealkylation sites (tertiary alicyclic amines) is 2. The summed E-state index contributed by atoms with van der Waals surface area (Å²) in [5, 5.41) is 10.2. The summed E-state index contributed by atoms with van der Waals surface area (Å²) in [4.78, 5) is 64.1. The number of methoxy groups -OCH3 is 6. The second-order valence-electron chi connectivity index (χ2n) is 26.4. The van der Waals surface area contributed by atoms with Crippen LogP contribution in [0, 0.1) is 0 Å². The molecule has 6 heterocycles. The molecular formula is C79H94N12O17. The number of nitrogens with one attached hydrogen (secondary N) is 3. The van der Waals surface area contributed by atoms with Gasteiger partial charge in [-0.3, -0.25) is 4.90 Å². The lowest BCUT2D eigenvalue weighted by atomic mass is 10.2. The van der Waals surface area contributed by atoms with Crippen molar-refractivity contribution in [2.75, 3.05) is 91.7 Å². The Morgan fingerprint density at radius 2 is 0.759 bits per heavy atom. The van der Waals surface area contributed by atoms with Crippen molar-refractivity contribution in [3.05, 3.63) is 164 Å². The molecule has 29 heteroatoms. The number of anilines is 3. The first-order valence-corrected chi connectivity index (χ1v) is 35.0. The Kier molecular flexibility index (Phi) is 29.0. The quantitative estimate of drug-likeness (QED) is 0.0386. The molecular weight excluding hydrogens is 1390 g/mol. The van der Waals surface area contributed by atoms with Gasteiger partial charge in [0, 0.05) is 32.2 Å². The predicted molar refractivity (Wildman–Crippen MR) is 405 cm³/mol. The van der Waals surface area contributed by atoms with Crippen LogP contribution in [0.1, 0.15) is 80.1 Å². The van der Waals surface area contributed by atoms with Gasteiger partial charge in [0.1, 0.15) is 104 Å². The Bertz CT molecular complexity index is 4280. The van der Waals surface area contributed by atoms with Crippen molar-refractivity contribution < 1.29 is 80.7 Å². The number of amides is 2. The normalized spacial score (nSPS) is 14.9. The average molecular weight is 1480 g/mol. The molecule has 5 N–H and O–H groups in total. The van der Waals surface area contributed by atoms with Gasteiger partial charge in [0.15, 0.2) is 0 Å². The highest BCUT2D eigenvalue weighted by atomic mass is 16.6. The smallest absolute Gasteiger partial charge is 0.410 e. The van der Waals surface area contributed by atoms with Crippen LogP contribution in [0.15, 0.2) is 164 Å². The Morgan fingerprint density at radius 1 is 0.435 bits per heavy atom. The first-order chi connectivity index (χ1) is 52.1. The molecule has 3 saturated heterocycles. The molecule has 0 bridgehead atoms. The molecule has 3 fully saturated rings. The van der Waals surface area contributed by atoms with Crippen molar-refractivity contribution in [2.45, 2.75) is 109 Å². The van der Waals surface area contributed by atoms with E-state index in [2.05, 4.69) is 45.9 Å². The van der Waals surface area contributed by atoms with Gasteiger partial charge in [-0.15, -0.1) is 0 Å². The van der Waals surface area contributed by atoms with Crippen molar-refractivity contribution >= 4 is 35.5 Å². The van der Waals surface area contributed by atoms with E-state index in [4.69, 9.17) is 72.0 Å². The standard InChI is InChI=1S/C28H34N4O6.C23H26N4O4.C18H17N3O4.C10H17NO3/c1-28(2,3)38-27(33)32-16-6-7-19(32)17-29-24-18-30-26(37-23-14-10-21(35-5)11-15-23)31-25(24)36-22-12-8-20(34-4)9-13-22;1-28-17-5-9-19(10-6-17)30-22-21(25-14-16-4-3-13-24-16)15-26-23(27-22)31-20-11-7-18(29-2)8-12-20;1-22-12-3-7-14(8-4-12)24-17-16(19)11-20-18(21-17)25-15-9-5-13(23-2)6-10-15;1-10(2,3)14-9(13)11-6-4-5-8(11)7-12/h8-15,18-19,29H,6-7,16-17H2,1-5H3;5-12,15-16,24-25H,3-4,13-14H2,1-2H3;3-11H,19H2,1-2H3;7-8H,4-6H2,1-3H3/t19-;16-;;8-/m00.0/s1. The molecule has 0 radical (unpaired) electrons. The van der Waals surface area contributed by atoms with E-state index < -0.39 is 11.2 Å². The minimum Gasteiger partial charge on any atom is -0.497 e. The van der Waals surface area contributed by atoms with Gasteiger partial charge in [0.05, 0.1) is 73.3 Å². The number of carbonyl (C=O) groups excluding carboxylic acids is 3. The predicted octanol–water partition coefficient (Wildman–Crippen LogP) is 15.4. The first kappa shape index (κ1) is 79.8. The zero-order valence-electron chi connectivity index (χ0n) is 62.8. The number of hydrogen-bond donors (Lipinski definition) is 4. The number of rotatable bonds is 25. The van der Waals surface area contributed by atoms with Crippen molar-refractivity contribution in [1.29, 1.82) is 0 Å². The van der Waals surface area contributed by atoms with E-state index in [-0.39, 0.29) is 54.1 Å². The summed E-state index contributed by atoms with van der Waals surface area (Å²) in [5.41, 5.74) is 6.41. The van der Waals surface area contributed by atoms with Gasteiger partial charge in [-0.2, -0.15) is 15.0 Å². The maximum atomic E-state index is 12.7. The molecule has 3 atom stereocenters. The topological polar surface area (TPSA) is 326 Å². The number of ether oxygens (including phenoxy) is 14. The van der Waals surface area contributed by atoms with Crippen LogP contribution in [0.4, 0.5) is 26.7 Å². The van der Waals surface area contributed by atoms with Gasteiger partial charge in [-0.25, -0.2) is 24.5 Å². The van der Waals surface area contributed by atoms with Crippen LogP contribution in [0.5, 0.6) is 105 Å². The van der Waals surface area contributed by atoms with E-state index in [1.807, 2.05) is 77.9 Å². The SMILES string of the molecule is CC(C)(C)OC(=O)N1CCC[C@H]1C=O.COc1ccc(Oc2ncc(N)c(Oc3ccc(OC)cc3)n2)cc1.COc1ccc(Oc2ncc(NC[C@@H]3CCCN3)c(Oc3ccc(OC)cc3)n2)cc1.COc1ccc(Oc2ncc(NC[C@@H]3CCCN3C(=O)OC(C)(C)C)c(Oc3ccc(OC)cc3)n2)cc1. The second kappa shape index (κ2) is 39.2. The molecule has 0 saturated carbocycles. The maximum absolute atomic E-state index is 12.7. The number of aromatic nitrogens is 6. The summed E-state index contributed by atoms with van der Waals surface area (Å²) < 4.78 is 76.9. The molecule has 12 rings (SSSR count). The molecule has 572 valence electrons. The van der Waals surface area contributed by atoms with Gasteiger partial charge in [0.25, 0.3) is 0 Å². The molecule has 0 spiro atoms. The molecule has 3 aliphatic rings. The van der Waals surface area contributed by atoms with Gasteiger partial charge < -0.3 is 97.7 Å². The number of aldehydes is 1. The summed E-state index contributed by atoms with van der Waals surface area (Å²) in [7, 11) is 9.65. The van der Waals surface area contributed by atoms with Crippen LogP contribution in [-0.2, 0) is 14.3 Å². The number of nitrogen functional groups attached to an aromatic ring is 1. The molecule has 108 heavy (non-hydrogen) atoms. The van der Waals surface area contributed by atoms with Gasteiger partial charge in [0.2, 0.25) is 17.6 Å². The Hall–Kier alpha value is -12.3. The molecule has 2 amide bonds. The monoisotopic (exact) mass is 1480 g/mol. The van der Waals surface area contributed by atoms with E-state index in [1.165, 1.54) is 17.5 Å². The Morgan fingerprint density at radius 3 is 1.12 bits per heavy atom. The third-order valence-electron chi connectivity index (χ3n) is 16.2. The summed E-state index contributed by atoms with van der Waals surface area (Å²) in [6.07, 6.45) is 10.6. The van der Waals surface area contributed by atoms with E-state index >= 15 is 0 Å². The van der Waals surface area contributed by atoms with Crippen molar-refractivity contribution in [3.8, 4) is 105 Å². The molecule has 29 nitrogen and oxygen atoms in total.